The maximum absolute atomic E-state index is 10.9. The summed E-state index contributed by atoms with van der Waals surface area (Å²) in [5.41, 5.74) is 0.603. The first-order chi connectivity index (χ1) is 7.99. The van der Waals surface area contributed by atoms with Crippen molar-refractivity contribution in [3.05, 3.63) is 29.3 Å². The smallest absolute Gasteiger partial charge is 0.335 e. The number of rotatable bonds is 5. The molecule has 0 fully saturated rings. The Morgan fingerprint density at radius 2 is 1.41 bits per heavy atom. The van der Waals surface area contributed by atoms with Gasteiger partial charge < -0.3 is 15.1 Å². The fourth-order valence-corrected chi connectivity index (χ4v) is 1.63. The van der Waals surface area contributed by atoms with E-state index in [2.05, 4.69) is 0 Å². The lowest BCUT2D eigenvalue weighted by atomic mass is 10.1. The molecular weight excluding hydrogens is 222 g/mol. The van der Waals surface area contributed by atoms with Crippen LogP contribution in [0.4, 0.5) is 5.69 Å². The van der Waals surface area contributed by atoms with Gasteiger partial charge in [-0.05, 0) is 32.0 Å². The van der Waals surface area contributed by atoms with Gasteiger partial charge >= 0.3 is 11.9 Å². The number of hydrogen-bond donors (Lipinski definition) is 2. The van der Waals surface area contributed by atoms with E-state index in [9.17, 15) is 9.59 Å². The third kappa shape index (κ3) is 2.96. The van der Waals surface area contributed by atoms with Crippen LogP contribution in [-0.2, 0) is 0 Å². The van der Waals surface area contributed by atoms with Gasteiger partial charge in [0.25, 0.3) is 0 Å². The zero-order chi connectivity index (χ0) is 13.0. The number of carbonyl (C=O) groups is 2. The van der Waals surface area contributed by atoms with E-state index in [1.54, 1.807) is 0 Å². The molecule has 5 nitrogen and oxygen atoms in total. The summed E-state index contributed by atoms with van der Waals surface area (Å²) in [6, 6.07) is 4.14. The molecule has 0 spiro atoms. The van der Waals surface area contributed by atoms with Gasteiger partial charge in [-0.25, -0.2) is 9.59 Å². The SMILES string of the molecule is CCN(CC)c1cc(C(=O)O)cc(C(=O)O)c1. The van der Waals surface area contributed by atoms with Gasteiger partial charge in [0.05, 0.1) is 11.1 Å². The molecule has 0 aliphatic heterocycles. The summed E-state index contributed by atoms with van der Waals surface area (Å²) in [6.07, 6.45) is 0. The summed E-state index contributed by atoms with van der Waals surface area (Å²) < 4.78 is 0. The van der Waals surface area contributed by atoms with Crippen molar-refractivity contribution in [1.82, 2.24) is 0 Å². The van der Waals surface area contributed by atoms with Gasteiger partial charge in [-0.1, -0.05) is 0 Å². The van der Waals surface area contributed by atoms with Gasteiger partial charge in [0.15, 0.2) is 0 Å². The first kappa shape index (κ1) is 13.0. The van der Waals surface area contributed by atoms with Crippen LogP contribution < -0.4 is 4.90 Å². The molecule has 17 heavy (non-hydrogen) atoms. The van der Waals surface area contributed by atoms with E-state index in [0.717, 1.165) is 6.07 Å². The molecule has 0 radical (unpaired) electrons. The Balaban J connectivity index is 3.30. The van der Waals surface area contributed by atoms with Crippen LogP contribution in [0.1, 0.15) is 34.6 Å². The van der Waals surface area contributed by atoms with Crippen molar-refractivity contribution in [1.29, 1.82) is 0 Å². The number of nitrogens with zero attached hydrogens (tertiary/aromatic N) is 1. The topological polar surface area (TPSA) is 77.8 Å². The van der Waals surface area contributed by atoms with Crippen molar-refractivity contribution in [3.63, 3.8) is 0 Å². The summed E-state index contributed by atoms with van der Waals surface area (Å²) >= 11 is 0. The number of carboxylic acids is 2. The van der Waals surface area contributed by atoms with Crippen LogP contribution in [0.2, 0.25) is 0 Å². The van der Waals surface area contributed by atoms with Crippen LogP contribution >= 0.6 is 0 Å². The third-order valence-corrected chi connectivity index (χ3v) is 2.54. The monoisotopic (exact) mass is 237 g/mol. The fraction of sp³-hybridized carbons (Fsp3) is 0.333. The minimum absolute atomic E-state index is 0.00759. The molecule has 1 aromatic carbocycles. The Hall–Kier alpha value is -2.04. The van der Waals surface area contributed by atoms with E-state index in [4.69, 9.17) is 10.2 Å². The number of aromatic carboxylic acids is 2. The van der Waals surface area contributed by atoms with Crippen molar-refractivity contribution in [2.24, 2.45) is 0 Å². The Morgan fingerprint density at radius 1 is 1.00 bits per heavy atom. The second-order valence-corrected chi connectivity index (χ2v) is 3.55. The van der Waals surface area contributed by atoms with Crippen LogP contribution in [0.3, 0.4) is 0 Å². The molecule has 0 amide bonds. The number of hydrogen-bond acceptors (Lipinski definition) is 3. The van der Waals surface area contributed by atoms with Gasteiger partial charge in [0.2, 0.25) is 0 Å². The maximum atomic E-state index is 10.9. The minimum atomic E-state index is -1.12. The highest BCUT2D eigenvalue weighted by Crippen LogP contribution is 2.19. The second-order valence-electron chi connectivity index (χ2n) is 3.55. The lowest BCUT2D eigenvalue weighted by Gasteiger charge is -2.21. The summed E-state index contributed by atoms with van der Waals surface area (Å²) in [5.74, 6) is -2.25. The summed E-state index contributed by atoms with van der Waals surface area (Å²) in [5, 5.41) is 17.9. The highest BCUT2D eigenvalue weighted by atomic mass is 16.4. The van der Waals surface area contributed by atoms with Crippen molar-refractivity contribution in [2.75, 3.05) is 18.0 Å². The zero-order valence-electron chi connectivity index (χ0n) is 9.80. The van der Waals surface area contributed by atoms with E-state index in [1.807, 2.05) is 18.7 Å². The molecule has 1 rings (SSSR count). The predicted octanol–water partition coefficient (Wildman–Crippen LogP) is 1.93. The Labute approximate surface area is 99.3 Å². The molecule has 0 saturated carbocycles. The van der Waals surface area contributed by atoms with Crippen LogP contribution in [-0.4, -0.2) is 35.2 Å². The summed E-state index contributed by atoms with van der Waals surface area (Å²) in [6.45, 7) is 5.24. The molecule has 0 bridgehead atoms. The first-order valence-electron chi connectivity index (χ1n) is 5.36. The molecule has 2 N–H and O–H groups in total. The molecule has 0 heterocycles. The van der Waals surface area contributed by atoms with Gasteiger partial charge in [0, 0.05) is 18.8 Å². The van der Waals surface area contributed by atoms with E-state index < -0.39 is 11.9 Å². The third-order valence-electron chi connectivity index (χ3n) is 2.54. The van der Waals surface area contributed by atoms with Crippen LogP contribution in [0.5, 0.6) is 0 Å². The van der Waals surface area contributed by atoms with Crippen LogP contribution in [0, 0.1) is 0 Å². The average molecular weight is 237 g/mol. The van der Waals surface area contributed by atoms with E-state index in [1.165, 1.54) is 12.1 Å². The molecule has 0 unspecified atom stereocenters. The molecule has 92 valence electrons. The highest BCUT2D eigenvalue weighted by Gasteiger charge is 2.13. The van der Waals surface area contributed by atoms with Gasteiger partial charge in [0.1, 0.15) is 0 Å². The maximum Gasteiger partial charge on any atom is 0.335 e. The minimum Gasteiger partial charge on any atom is -0.478 e. The van der Waals surface area contributed by atoms with E-state index in [0.29, 0.717) is 18.8 Å². The standard InChI is InChI=1S/C12H15NO4/c1-3-13(4-2)10-6-8(11(14)15)5-9(7-10)12(16)17/h5-7H,3-4H2,1-2H3,(H,14,15)(H,16,17). The molecule has 0 aliphatic carbocycles. The molecular formula is C12H15NO4. The second kappa shape index (κ2) is 5.34. The van der Waals surface area contributed by atoms with Crippen LogP contribution in [0.25, 0.3) is 0 Å². The largest absolute Gasteiger partial charge is 0.478 e. The molecule has 0 saturated heterocycles. The highest BCUT2D eigenvalue weighted by molar-refractivity contribution is 5.95. The van der Waals surface area contributed by atoms with Gasteiger partial charge in [-0.3, -0.25) is 0 Å². The number of benzene rings is 1. The van der Waals surface area contributed by atoms with Crippen LogP contribution in [0.15, 0.2) is 18.2 Å². The number of anilines is 1. The van der Waals surface area contributed by atoms with Gasteiger partial charge in [-0.2, -0.15) is 0 Å². The average Bonchev–Trinajstić information content (AvgIpc) is 2.30. The lowest BCUT2D eigenvalue weighted by molar-refractivity contribution is 0.0696. The van der Waals surface area contributed by atoms with Crippen molar-refractivity contribution in [2.45, 2.75) is 13.8 Å². The van der Waals surface area contributed by atoms with Gasteiger partial charge in [-0.15, -0.1) is 0 Å². The van der Waals surface area contributed by atoms with E-state index >= 15 is 0 Å². The zero-order valence-corrected chi connectivity index (χ0v) is 9.80. The summed E-state index contributed by atoms with van der Waals surface area (Å²) in [4.78, 5) is 23.7. The lowest BCUT2D eigenvalue weighted by Crippen LogP contribution is -2.22. The Kier molecular flexibility index (Phi) is 4.09. The van der Waals surface area contributed by atoms with Crippen molar-refractivity contribution < 1.29 is 19.8 Å². The van der Waals surface area contributed by atoms with Crippen molar-refractivity contribution in [3.8, 4) is 0 Å². The van der Waals surface area contributed by atoms with E-state index in [-0.39, 0.29) is 11.1 Å². The quantitative estimate of drug-likeness (QED) is 0.818. The fourth-order valence-electron chi connectivity index (χ4n) is 1.63. The molecule has 5 heteroatoms. The number of carboxylic acid groups (broad SMARTS) is 2. The predicted molar refractivity (Wildman–Crippen MR) is 63.9 cm³/mol. The summed E-state index contributed by atoms with van der Waals surface area (Å²) in [7, 11) is 0. The molecule has 0 aliphatic rings. The van der Waals surface area contributed by atoms with Crippen molar-refractivity contribution >= 4 is 17.6 Å². The molecule has 1 aromatic rings. The molecule has 0 aromatic heterocycles. The first-order valence-corrected chi connectivity index (χ1v) is 5.36. The normalized spacial score (nSPS) is 10.0. The molecule has 0 atom stereocenters. The Bertz CT molecular complexity index is 406. The Morgan fingerprint density at radius 3 is 1.71 bits per heavy atom.